The van der Waals surface area contributed by atoms with Gasteiger partial charge in [0.05, 0.1) is 11.7 Å². The van der Waals surface area contributed by atoms with Crippen molar-refractivity contribution < 1.29 is 13.2 Å². The van der Waals surface area contributed by atoms with Crippen molar-refractivity contribution in [1.82, 2.24) is 19.9 Å². The van der Waals surface area contributed by atoms with E-state index < -0.39 is 17.4 Å². The second kappa shape index (κ2) is 8.51. The van der Waals surface area contributed by atoms with E-state index in [-0.39, 0.29) is 11.8 Å². The predicted octanol–water partition coefficient (Wildman–Crippen LogP) is 3.43. The van der Waals surface area contributed by atoms with E-state index in [4.69, 9.17) is 4.42 Å². The third-order valence-corrected chi connectivity index (χ3v) is 5.43. The number of hydrogen-bond donors (Lipinski definition) is 3. The molecule has 0 bridgehead atoms. The number of aromatic nitrogens is 3. The molecule has 0 atom stereocenters. The summed E-state index contributed by atoms with van der Waals surface area (Å²) in [5, 5.41) is 5.81. The Morgan fingerprint density at radius 1 is 1.03 bits per heavy atom. The molecule has 3 N–H and O–H groups in total. The minimum Gasteiger partial charge on any atom is -0.408 e. The summed E-state index contributed by atoms with van der Waals surface area (Å²) in [6.07, 6.45) is 1.02. The van der Waals surface area contributed by atoms with Crippen LogP contribution in [0.4, 0.5) is 37.6 Å². The Labute approximate surface area is 187 Å². The minimum absolute atomic E-state index is 0.0756. The summed E-state index contributed by atoms with van der Waals surface area (Å²) in [7, 11) is 2.06. The van der Waals surface area contributed by atoms with E-state index in [1.54, 1.807) is 18.2 Å². The van der Waals surface area contributed by atoms with Crippen LogP contribution in [0.15, 0.2) is 51.8 Å². The molecule has 0 saturated carbocycles. The second-order valence-electron chi connectivity index (χ2n) is 7.85. The number of anilines is 5. The molecule has 5 rings (SSSR count). The molecule has 2 aromatic heterocycles. The number of likely N-dealkylation sites (N-methyl/N-ethyl adjacent to an activating group) is 1. The Bertz CT molecular complexity index is 1360. The highest BCUT2D eigenvalue weighted by Crippen LogP contribution is 2.26. The van der Waals surface area contributed by atoms with Crippen molar-refractivity contribution in [2.24, 2.45) is 0 Å². The third-order valence-electron chi connectivity index (χ3n) is 5.43. The van der Waals surface area contributed by atoms with Crippen LogP contribution in [0.1, 0.15) is 0 Å². The zero-order valence-electron chi connectivity index (χ0n) is 17.7. The molecule has 1 fully saturated rings. The minimum atomic E-state index is -0.668. The van der Waals surface area contributed by atoms with Crippen LogP contribution in [0, 0.1) is 11.6 Å². The van der Waals surface area contributed by atoms with Crippen LogP contribution in [0.25, 0.3) is 11.1 Å². The van der Waals surface area contributed by atoms with Gasteiger partial charge in [0.1, 0.15) is 5.82 Å². The van der Waals surface area contributed by atoms with Gasteiger partial charge in [-0.25, -0.2) is 18.6 Å². The highest BCUT2D eigenvalue weighted by Gasteiger charge is 2.16. The molecule has 9 nitrogen and oxygen atoms in total. The molecule has 1 aliphatic rings. The quantitative estimate of drug-likeness (QED) is 0.423. The Kier molecular flexibility index (Phi) is 5.38. The maximum atomic E-state index is 14.4. The van der Waals surface area contributed by atoms with Crippen molar-refractivity contribution in [3.05, 3.63) is 64.8 Å². The second-order valence-corrected chi connectivity index (χ2v) is 7.85. The van der Waals surface area contributed by atoms with E-state index in [0.717, 1.165) is 38.1 Å². The molecule has 3 heterocycles. The maximum absolute atomic E-state index is 14.4. The van der Waals surface area contributed by atoms with Gasteiger partial charge in [0, 0.05) is 43.2 Å². The van der Waals surface area contributed by atoms with Crippen LogP contribution in [-0.2, 0) is 0 Å². The number of halogens is 2. The number of hydrogen-bond acceptors (Lipinski definition) is 8. The molecule has 4 aromatic rings. The fourth-order valence-corrected chi connectivity index (χ4v) is 3.70. The SMILES string of the molecule is CN1CCN(c2cc(F)cc(Nc3ncc(F)c(Nc4ccc5oc(=O)[nH]c5c4)n3)c2)CC1. The Hall–Kier alpha value is -3.99. The molecule has 1 saturated heterocycles. The fraction of sp³-hybridized carbons (Fsp3) is 0.227. The first-order valence-corrected chi connectivity index (χ1v) is 10.4. The summed E-state index contributed by atoms with van der Waals surface area (Å²) >= 11 is 0. The number of nitrogens with zero attached hydrogens (tertiary/aromatic N) is 4. The standard InChI is InChI=1S/C22H21F2N7O2/c1-30-4-6-31(7-5-30)16-9-13(23)8-15(10-16)27-21-25-12-17(24)20(29-21)26-14-2-3-19-18(11-14)28-22(32)33-19/h2-3,8-12H,4-7H2,1H3,(H,28,32)(H2,25,26,27,29). The van der Waals surface area contributed by atoms with Crippen molar-refractivity contribution in [1.29, 1.82) is 0 Å². The van der Waals surface area contributed by atoms with Crippen LogP contribution in [0.2, 0.25) is 0 Å². The van der Waals surface area contributed by atoms with Crippen molar-refractivity contribution in [3.63, 3.8) is 0 Å². The zero-order chi connectivity index (χ0) is 22.9. The summed E-state index contributed by atoms with van der Waals surface area (Å²) in [5.41, 5.74) is 2.56. The number of piperazine rings is 1. The van der Waals surface area contributed by atoms with Gasteiger partial charge in [-0.3, -0.25) is 4.98 Å². The summed E-state index contributed by atoms with van der Waals surface area (Å²) in [6, 6.07) is 9.46. The Morgan fingerprint density at radius 2 is 1.85 bits per heavy atom. The molecule has 0 amide bonds. The monoisotopic (exact) mass is 453 g/mol. The van der Waals surface area contributed by atoms with Gasteiger partial charge in [-0.1, -0.05) is 0 Å². The maximum Gasteiger partial charge on any atom is 0.417 e. The van der Waals surface area contributed by atoms with Gasteiger partial charge in [-0.15, -0.1) is 0 Å². The van der Waals surface area contributed by atoms with E-state index >= 15 is 0 Å². The van der Waals surface area contributed by atoms with Crippen molar-refractivity contribution >= 4 is 39.9 Å². The van der Waals surface area contributed by atoms with E-state index in [2.05, 4.69) is 42.4 Å². The number of H-pyrrole nitrogens is 1. The molecule has 170 valence electrons. The summed E-state index contributed by atoms with van der Waals surface area (Å²) in [4.78, 5) is 26.4. The number of oxazole rings is 1. The van der Waals surface area contributed by atoms with Crippen molar-refractivity contribution in [3.8, 4) is 0 Å². The van der Waals surface area contributed by atoms with Crippen molar-refractivity contribution in [2.45, 2.75) is 0 Å². The lowest BCUT2D eigenvalue weighted by Crippen LogP contribution is -2.44. The first-order chi connectivity index (χ1) is 15.9. The smallest absolute Gasteiger partial charge is 0.408 e. The molecular weight excluding hydrogens is 432 g/mol. The lowest BCUT2D eigenvalue weighted by Gasteiger charge is -2.34. The van der Waals surface area contributed by atoms with Crippen LogP contribution in [0.3, 0.4) is 0 Å². The first kappa shape index (κ1) is 20.9. The highest BCUT2D eigenvalue weighted by molar-refractivity contribution is 5.78. The third kappa shape index (κ3) is 4.62. The van der Waals surface area contributed by atoms with E-state index in [9.17, 15) is 13.6 Å². The van der Waals surface area contributed by atoms with Gasteiger partial charge in [0.2, 0.25) is 5.95 Å². The van der Waals surface area contributed by atoms with Crippen LogP contribution >= 0.6 is 0 Å². The zero-order valence-corrected chi connectivity index (χ0v) is 17.7. The first-order valence-electron chi connectivity index (χ1n) is 10.4. The number of fused-ring (bicyclic) bond motifs is 1. The van der Waals surface area contributed by atoms with Gasteiger partial charge < -0.3 is 24.9 Å². The predicted molar refractivity (Wildman–Crippen MR) is 122 cm³/mol. The molecular formula is C22H21F2N7O2. The number of benzene rings is 2. The average Bonchev–Trinajstić information content (AvgIpc) is 3.15. The van der Waals surface area contributed by atoms with Gasteiger partial charge >= 0.3 is 5.76 Å². The molecule has 11 heteroatoms. The highest BCUT2D eigenvalue weighted by atomic mass is 19.1. The molecule has 33 heavy (non-hydrogen) atoms. The molecule has 0 radical (unpaired) electrons. The molecule has 0 aliphatic carbocycles. The van der Waals surface area contributed by atoms with Crippen LogP contribution in [0.5, 0.6) is 0 Å². The molecule has 0 spiro atoms. The molecule has 2 aromatic carbocycles. The summed E-state index contributed by atoms with van der Waals surface area (Å²) in [5.74, 6) is -1.61. The Morgan fingerprint density at radius 3 is 2.67 bits per heavy atom. The lowest BCUT2D eigenvalue weighted by molar-refractivity contribution is 0.313. The summed E-state index contributed by atoms with van der Waals surface area (Å²) in [6.45, 7) is 3.39. The van der Waals surface area contributed by atoms with Gasteiger partial charge in [-0.05, 0) is 43.4 Å². The number of nitrogens with one attached hydrogen (secondary N) is 3. The number of rotatable bonds is 5. The number of aromatic amines is 1. The van der Waals surface area contributed by atoms with Crippen LogP contribution < -0.4 is 21.3 Å². The topological polar surface area (TPSA) is 102 Å². The van der Waals surface area contributed by atoms with Gasteiger partial charge in [-0.2, -0.15) is 4.98 Å². The van der Waals surface area contributed by atoms with Gasteiger partial charge in [0.15, 0.2) is 17.2 Å². The average molecular weight is 453 g/mol. The van der Waals surface area contributed by atoms with Crippen LogP contribution in [-0.4, -0.2) is 53.1 Å². The van der Waals surface area contributed by atoms with E-state index in [1.807, 2.05) is 6.07 Å². The van der Waals surface area contributed by atoms with E-state index in [0.29, 0.717) is 22.5 Å². The van der Waals surface area contributed by atoms with E-state index in [1.165, 1.54) is 12.1 Å². The fourth-order valence-electron chi connectivity index (χ4n) is 3.70. The normalized spacial score (nSPS) is 14.6. The largest absolute Gasteiger partial charge is 0.417 e. The van der Waals surface area contributed by atoms with Crippen molar-refractivity contribution in [2.75, 3.05) is 48.8 Å². The molecule has 0 unspecified atom stereocenters. The van der Waals surface area contributed by atoms with Gasteiger partial charge in [0.25, 0.3) is 0 Å². The lowest BCUT2D eigenvalue weighted by atomic mass is 10.2. The Balaban J connectivity index is 1.37. The molecule has 1 aliphatic heterocycles. The summed E-state index contributed by atoms with van der Waals surface area (Å²) < 4.78 is 33.6.